The van der Waals surface area contributed by atoms with Crippen LogP contribution in [-0.2, 0) is 25.7 Å². The van der Waals surface area contributed by atoms with Crippen LogP contribution in [0.3, 0.4) is 0 Å². The molecule has 2 N–H and O–H groups in total. The minimum absolute atomic E-state index is 0.869. The number of aromatic nitrogens is 4. The Labute approximate surface area is 277 Å². The van der Waals surface area contributed by atoms with Crippen LogP contribution < -0.4 is 0 Å². The quantitative estimate of drug-likeness (QED) is 0.179. The van der Waals surface area contributed by atoms with E-state index in [-0.39, 0.29) is 0 Å². The number of nitrogens with zero attached hydrogens (tertiary/aromatic N) is 2. The Morgan fingerprint density at radius 3 is 1.00 bits per heavy atom. The Bertz CT molecular complexity index is 2600. The maximum atomic E-state index is 5.39. The summed E-state index contributed by atoms with van der Waals surface area (Å²) in [6, 6.07) is 44.4. The molecule has 0 saturated heterocycles. The number of aromatic amines is 2. The zero-order chi connectivity index (χ0) is 31.3. The summed E-state index contributed by atoms with van der Waals surface area (Å²) in [5.41, 5.74) is 19.3. The number of rotatable bonds is 0. The highest BCUT2D eigenvalue weighted by Gasteiger charge is 2.30. The molecule has 4 nitrogen and oxygen atoms in total. The fraction of sp³-hybridized carbons (Fsp3) is 0.0909. The Hall–Kier alpha value is -6.00. The lowest BCUT2D eigenvalue weighted by molar-refractivity contribution is 1.14. The van der Waals surface area contributed by atoms with Crippen molar-refractivity contribution in [3.05, 3.63) is 166 Å². The highest BCUT2D eigenvalue weighted by atomic mass is 14.8. The van der Waals surface area contributed by atoms with Crippen LogP contribution in [0.1, 0.15) is 45.0 Å². The second kappa shape index (κ2) is 9.76. The highest BCUT2D eigenvalue weighted by Crippen LogP contribution is 2.44. The molecule has 0 atom stereocenters. The zero-order valence-electron chi connectivity index (χ0n) is 26.3. The first kappa shape index (κ1) is 26.1. The summed E-state index contributed by atoms with van der Waals surface area (Å²) >= 11 is 0. The molecular weight excluding hydrogens is 585 g/mol. The lowest BCUT2D eigenvalue weighted by atomic mass is 9.82. The van der Waals surface area contributed by atoms with Crippen molar-refractivity contribution in [3.63, 3.8) is 0 Å². The van der Waals surface area contributed by atoms with Crippen LogP contribution in [0.4, 0.5) is 0 Å². The maximum absolute atomic E-state index is 5.39. The Morgan fingerprint density at radius 2 is 0.646 bits per heavy atom. The Morgan fingerprint density at radius 1 is 0.333 bits per heavy atom. The van der Waals surface area contributed by atoms with Gasteiger partial charge in [-0.2, -0.15) is 0 Å². The first-order valence-electron chi connectivity index (χ1n) is 16.8. The van der Waals surface area contributed by atoms with Crippen LogP contribution in [0.15, 0.2) is 121 Å². The lowest BCUT2D eigenvalue weighted by Gasteiger charge is -2.20. The van der Waals surface area contributed by atoms with Crippen LogP contribution in [0, 0.1) is 0 Å². The zero-order valence-corrected chi connectivity index (χ0v) is 26.3. The summed E-state index contributed by atoms with van der Waals surface area (Å²) in [6.45, 7) is 0. The largest absolute Gasteiger partial charge is 0.355 e. The van der Waals surface area contributed by atoms with E-state index in [0.29, 0.717) is 0 Å². The van der Waals surface area contributed by atoms with Gasteiger partial charge in [0.15, 0.2) is 0 Å². The van der Waals surface area contributed by atoms with Gasteiger partial charge in [-0.3, -0.25) is 0 Å². The van der Waals surface area contributed by atoms with Crippen molar-refractivity contribution in [3.8, 4) is 0 Å². The second-order valence-corrected chi connectivity index (χ2v) is 13.6. The number of allylic oxidation sites excluding steroid dienone is 4. The molecule has 0 unspecified atom stereocenters. The van der Waals surface area contributed by atoms with Crippen molar-refractivity contribution in [2.45, 2.75) is 25.7 Å². The number of benzene rings is 4. The average Bonchev–Trinajstić information content (AvgIpc) is 3.89. The van der Waals surface area contributed by atoms with Gasteiger partial charge in [0.05, 0.1) is 22.8 Å². The minimum atomic E-state index is 0.869. The summed E-state index contributed by atoms with van der Waals surface area (Å²) in [5, 5.41) is 5.18. The summed E-state index contributed by atoms with van der Waals surface area (Å²) in [6.07, 6.45) is 3.49. The fourth-order valence-corrected chi connectivity index (χ4v) is 8.29. The molecule has 2 aliphatic carbocycles. The molecule has 11 rings (SSSR count). The third kappa shape index (κ3) is 4.09. The third-order valence-corrected chi connectivity index (χ3v) is 10.7. The van der Waals surface area contributed by atoms with Crippen LogP contribution >= 0.6 is 0 Å². The predicted molar refractivity (Wildman–Crippen MR) is 197 cm³/mol. The summed E-state index contributed by atoms with van der Waals surface area (Å²) < 4.78 is 0. The molecule has 226 valence electrons. The summed E-state index contributed by atoms with van der Waals surface area (Å²) in [4.78, 5) is 18.0. The molecule has 5 heterocycles. The van der Waals surface area contributed by atoms with Crippen LogP contribution in [0.5, 0.6) is 0 Å². The minimum Gasteiger partial charge on any atom is -0.355 e. The standard InChI is InChI=1S/C44H30N4/c1-3-7-27-15-31-19-39-37(17-29(31)13-25(27)5-1)41-22-35-11-9-33(45-35)21-34-10-12-36(46-34)23-42-38-18-30-14-26-6-2-4-8-28(26)16-32(30)20-40(38)44(48-42)24-43(39)47-41/h1-16,21-24,45-46H,17-20H2. The molecule has 2 aliphatic heterocycles. The monoisotopic (exact) mass is 614 g/mol. The van der Waals surface area contributed by atoms with Crippen molar-refractivity contribution in [1.82, 2.24) is 19.9 Å². The first-order valence-corrected chi connectivity index (χ1v) is 16.8. The first-order chi connectivity index (χ1) is 23.7. The van der Waals surface area contributed by atoms with E-state index < -0.39 is 0 Å². The van der Waals surface area contributed by atoms with E-state index in [9.17, 15) is 0 Å². The van der Waals surface area contributed by atoms with E-state index in [1.807, 2.05) is 0 Å². The van der Waals surface area contributed by atoms with E-state index in [1.54, 1.807) is 0 Å². The molecule has 0 radical (unpaired) electrons. The Kier molecular flexibility index (Phi) is 5.31. The average molecular weight is 615 g/mol. The molecule has 0 saturated carbocycles. The van der Waals surface area contributed by atoms with Crippen LogP contribution in [0.25, 0.3) is 65.9 Å². The molecular formula is C44H30N4. The van der Waals surface area contributed by atoms with Gasteiger partial charge in [0, 0.05) is 47.8 Å². The predicted octanol–water partition coefficient (Wildman–Crippen LogP) is 10.0. The van der Waals surface area contributed by atoms with Gasteiger partial charge < -0.3 is 9.97 Å². The molecule has 0 fully saturated rings. The molecule has 4 aliphatic rings. The molecule has 4 heteroatoms. The maximum Gasteiger partial charge on any atom is 0.0697 e. The normalized spacial score (nSPS) is 15.0. The number of hydrogen-bond acceptors (Lipinski definition) is 2. The second-order valence-electron chi connectivity index (χ2n) is 13.6. The third-order valence-electron chi connectivity index (χ3n) is 10.7. The van der Waals surface area contributed by atoms with E-state index in [0.717, 1.165) is 70.5 Å². The van der Waals surface area contributed by atoms with Gasteiger partial charge in [0.25, 0.3) is 0 Å². The van der Waals surface area contributed by atoms with Gasteiger partial charge in [0.1, 0.15) is 0 Å². The van der Waals surface area contributed by atoms with Crippen molar-refractivity contribution < 1.29 is 0 Å². The number of fused-ring (bicyclic) bond motifs is 16. The lowest BCUT2D eigenvalue weighted by Crippen LogP contribution is -2.06. The molecule has 3 aromatic heterocycles. The van der Waals surface area contributed by atoms with Crippen LogP contribution in [-0.4, -0.2) is 19.9 Å². The summed E-state index contributed by atoms with van der Waals surface area (Å²) in [7, 11) is 0. The van der Waals surface area contributed by atoms with E-state index in [2.05, 4.69) is 131 Å². The van der Waals surface area contributed by atoms with Crippen molar-refractivity contribution >= 4 is 65.9 Å². The molecule has 0 spiro atoms. The van der Waals surface area contributed by atoms with Gasteiger partial charge >= 0.3 is 0 Å². The number of H-pyrrole nitrogens is 2. The van der Waals surface area contributed by atoms with Gasteiger partial charge in [0.2, 0.25) is 0 Å². The van der Waals surface area contributed by atoms with Crippen molar-refractivity contribution in [2.24, 2.45) is 0 Å². The van der Waals surface area contributed by atoms with Crippen molar-refractivity contribution in [1.29, 1.82) is 0 Å². The van der Waals surface area contributed by atoms with Gasteiger partial charge in [-0.25, -0.2) is 9.97 Å². The van der Waals surface area contributed by atoms with E-state index in [4.69, 9.17) is 9.97 Å². The Balaban J connectivity index is 1.15. The summed E-state index contributed by atoms with van der Waals surface area (Å²) in [5.74, 6) is 0. The van der Waals surface area contributed by atoms with Crippen molar-refractivity contribution in [2.75, 3.05) is 0 Å². The topological polar surface area (TPSA) is 57.4 Å². The number of hydrogen-bond donors (Lipinski definition) is 2. The smallest absolute Gasteiger partial charge is 0.0697 e. The van der Waals surface area contributed by atoms with Crippen LogP contribution in [0.2, 0.25) is 0 Å². The SMILES string of the molecule is c1ccc2cc3c(cc2c1)CC1=C(C3)c2cc3ccc(cc4ccc(cc5nc(cc1n2)C1=C5Cc2cc5ccccc5cc2C1)[nH]4)[nH]3. The number of nitrogens with one attached hydrogen (secondary N) is 2. The molecule has 48 heavy (non-hydrogen) atoms. The van der Waals surface area contributed by atoms with Gasteiger partial charge in [-0.1, -0.05) is 72.8 Å². The molecule has 8 bridgehead atoms. The van der Waals surface area contributed by atoms with E-state index >= 15 is 0 Å². The van der Waals surface area contributed by atoms with Gasteiger partial charge in [-0.15, -0.1) is 0 Å². The highest BCUT2D eigenvalue weighted by molar-refractivity contribution is 6.01. The fourth-order valence-electron chi connectivity index (χ4n) is 8.29. The molecule has 7 aromatic rings. The van der Waals surface area contributed by atoms with Gasteiger partial charge in [-0.05, 0) is 115 Å². The van der Waals surface area contributed by atoms with E-state index in [1.165, 1.54) is 66.1 Å². The molecule has 0 amide bonds. The molecule has 4 aromatic carbocycles.